The maximum atomic E-state index is 13.6. The van der Waals surface area contributed by atoms with Crippen molar-refractivity contribution in [2.24, 2.45) is 5.41 Å². The van der Waals surface area contributed by atoms with E-state index in [9.17, 15) is 19.2 Å². The van der Waals surface area contributed by atoms with E-state index in [1.54, 1.807) is 60.7 Å². The lowest BCUT2D eigenvalue weighted by atomic mass is 9.90. The number of rotatable bonds is 10. The van der Waals surface area contributed by atoms with Gasteiger partial charge in [-0.2, -0.15) is 0 Å². The van der Waals surface area contributed by atoms with Gasteiger partial charge in [0, 0.05) is 0 Å². The van der Waals surface area contributed by atoms with Crippen molar-refractivity contribution < 1.29 is 38.1 Å². The van der Waals surface area contributed by atoms with Gasteiger partial charge in [-0.15, -0.1) is 0 Å². The third-order valence-corrected chi connectivity index (χ3v) is 7.22. The van der Waals surface area contributed by atoms with Crippen LogP contribution in [0.5, 0.6) is 0 Å². The fourth-order valence-corrected chi connectivity index (χ4v) is 4.20. The molecule has 0 aliphatic rings. The van der Waals surface area contributed by atoms with Gasteiger partial charge in [-0.3, -0.25) is 0 Å². The molecular weight excluding hydrogens is 572 g/mol. The second-order valence-electron chi connectivity index (χ2n) is 11.6. The van der Waals surface area contributed by atoms with Gasteiger partial charge in [0.15, 0.2) is 0 Å². The predicted molar refractivity (Wildman–Crippen MR) is 168 cm³/mol. The highest BCUT2D eigenvalue weighted by Gasteiger charge is 2.58. The van der Waals surface area contributed by atoms with E-state index in [0.29, 0.717) is 0 Å². The normalized spacial score (nSPS) is 11.3. The zero-order chi connectivity index (χ0) is 32.8. The largest absolute Gasteiger partial charge is 0.461 e. The second-order valence-corrected chi connectivity index (χ2v) is 11.6. The lowest BCUT2D eigenvalue weighted by Crippen LogP contribution is -2.57. The molecule has 0 spiro atoms. The summed E-state index contributed by atoms with van der Waals surface area (Å²) in [6.07, 6.45) is 0. The molecule has 0 amide bonds. The van der Waals surface area contributed by atoms with Gasteiger partial charge in [0.2, 0.25) is 0 Å². The maximum Gasteiger partial charge on any atom is 0.432 e. The monoisotopic (exact) mass is 608 g/mol. The fourth-order valence-electron chi connectivity index (χ4n) is 4.20. The van der Waals surface area contributed by atoms with Crippen LogP contribution < -0.4 is 0 Å². The minimum absolute atomic E-state index is 0.121. The number of esters is 4. The average molecular weight is 609 g/mol. The topological polar surface area (TPSA) is 105 Å². The number of benzene rings is 4. The van der Waals surface area contributed by atoms with Gasteiger partial charge in [-0.25, -0.2) is 19.2 Å². The quantitative estimate of drug-likeness (QED) is 0.136. The zero-order valence-corrected chi connectivity index (χ0v) is 26.2. The summed E-state index contributed by atoms with van der Waals surface area (Å²) in [5, 5.41) is 0. The Hall–Kier alpha value is -5.24. The fraction of sp³-hybridized carbons (Fsp3) is 0.243. The van der Waals surface area contributed by atoms with Crippen molar-refractivity contribution >= 4 is 23.9 Å². The third kappa shape index (κ3) is 8.03. The van der Waals surface area contributed by atoms with Crippen molar-refractivity contribution in [1.82, 2.24) is 0 Å². The van der Waals surface area contributed by atoms with Gasteiger partial charge in [0.05, 0.1) is 22.3 Å². The van der Waals surface area contributed by atoms with Crippen LogP contribution in [0, 0.1) is 33.1 Å². The van der Waals surface area contributed by atoms with E-state index in [-0.39, 0.29) is 22.3 Å². The minimum atomic E-state index is -2.69. The molecule has 8 heteroatoms. The standard InChI is InChI=1S/C37H36O8/c1-24-7-15-28(16-8-24)32(38)42-23-36(5,6)37(43-33(39)29-17-9-25(2)10-18-29,44-34(40)30-19-11-26(3)12-20-30)45-35(41)31-21-13-27(4)14-22-31/h7-22H,23H2,1-6H3. The molecule has 4 aromatic carbocycles. The average Bonchev–Trinajstić information content (AvgIpc) is 3.01. The molecule has 0 N–H and O–H groups in total. The molecule has 45 heavy (non-hydrogen) atoms. The van der Waals surface area contributed by atoms with Crippen LogP contribution >= 0.6 is 0 Å². The van der Waals surface area contributed by atoms with Crippen molar-refractivity contribution in [3.05, 3.63) is 142 Å². The van der Waals surface area contributed by atoms with Gasteiger partial charge in [0.25, 0.3) is 0 Å². The molecule has 0 aliphatic carbocycles. The Balaban J connectivity index is 1.78. The van der Waals surface area contributed by atoms with Crippen LogP contribution in [0.1, 0.15) is 77.5 Å². The molecule has 0 fully saturated rings. The van der Waals surface area contributed by atoms with Crippen LogP contribution in [0.3, 0.4) is 0 Å². The second kappa shape index (κ2) is 13.6. The summed E-state index contributed by atoms with van der Waals surface area (Å²) < 4.78 is 23.3. The van der Waals surface area contributed by atoms with Crippen molar-refractivity contribution in [2.45, 2.75) is 47.5 Å². The number of carbonyl (C=O) groups is 4. The molecule has 0 heterocycles. The van der Waals surface area contributed by atoms with Crippen molar-refractivity contribution in [2.75, 3.05) is 6.61 Å². The predicted octanol–water partition coefficient (Wildman–Crippen LogP) is 7.33. The molecule has 0 aromatic heterocycles. The Morgan fingerprint density at radius 3 is 0.956 bits per heavy atom. The molecule has 0 atom stereocenters. The lowest BCUT2D eigenvalue weighted by molar-refractivity contribution is -0.357. The molecule has 0 saturated heterocycles. The molecule has 0 radical (unpaired) electrons. The lowest BCUT2D eigenvalue weighted by Gasteiger charge is -2.41. The van der Waals surface area contributed by atoms with E-state index in [0.717, 1.165) is 22.3 Å². The smallest absolute Gasteiger partial charge is 0.432 e. The first-order chi connectivity index (χ1) is 21.3. The van der Waals surface area contributed by atoms with Crippen LogP contribution in [0.25, 0.3) is 0 Å². The molecule has 232 valence electrons. The van der Waals surface area contributed by atoms with Crippen molar-refractivity contribution in [3.8, 4) is 0 Å². The van der Waals surface area contributed by atoms with Gasteiger partial charge in [0.1, 0.15) is 12.0 Å². The van der Waals surface area contributed by atoms with Crippen LogP contribution in [0.15, 0.2) is 97.1 Å². The summed E-state index contributed by atoms with van der Waals surface area (Å²) in [7, 11) is 0. The molecule has 8 nitrogen and oxygen atoms in total. The summed E-state index contributed by atoms with van der Waals surface area (Å²) in [4.78, 5) is 53.9. The Morgan fingerprint density at radius 1 is 0.444 bits per heavy atom. The summed E-state index contributed by atoms with van der Waals surface area (Å²) in [6.45, 7) is 10.0. The molecule has 0 unspecified atom stereocenters. The first-order valence-electron chi connectivity index (χ1n) is 14.4. The first kappa shape index (κ1) is 32.7. The summed E-state index contributed by atoms with van der Waals surface area (Å²) in [5.41, 5.74) is 2.68. The Kier molecular flexibility index (Phi) is 9.87. The Morgan fingerprint density at radius 2 is 0.689 bits per heavy atom. The number of aryl methyl sites for hydroxylation is 4. The summed E-state index contributed by atoms with van der Waals surface area (Å²) in [6, 6.07) is 26.3. The van der Waals surface area contributed by atoms with Crippen molar-refractivity contribution in [3.63, 3.8) is 0 Å². The highest BCUT2D eigenvalue weighted by atomic mass is 16.9. The number of hydrogen-bond acceptors (Lipinski definition) is 8. The molecule has 0 aliphatic heterocycles. The molecular formula is C37H36O8. The Bertz CT molecular complexity index is 1520. The van der Waals surface area contributed by atoms with E-state index < -0.39 is 41.9 Å². The SMILES string of the molecule is Cc1ccc(C(=O)OCC(C)(C)C(OC(=O)c2ccc(C)cc2)(OC(=O)c2ccc(C)cc2)OC(=O)c2ccc(C)cc2)cc1. The van der Waals surface area contributed by atoms with E-state index >= 15 is 0 Å². The molecule has 0 bridgehead atoms. The van der Waals surface area contributed by atoms with Gasteiger partial charge >= 0.3 is 29.9 Å². The number of carbonyl (C=O) groups excluding carboxylic acids is 4. The first-order valence-corrected chi connectivity index (χ1v) is 14.4. The van der Waals surface area contributed by atoms with Crippen LogP contribution in [-0.2, 0) is 18.9 Å². The van der Waals surface area contributed by atoms with E-state index in [1.807, 2.05) is 27.7 Å². The Labute approximate surface area is 262 Å². The van der Waals surface area contributed by atoms with E-state index in [4.69, 9.17) is 18.9 Å². The zero-order valence-electron chi connectivity index (χ0n) is 26.2. The molecule has 0 saturated carbocycles. The van der Waals surface area contributed by atoms with E-state index in [1.165, 1.54) is 50.2 Å². The highest BCUT2D eigenvalue weighted by molar-refractivity contribution is 5.93. The number of hydrogen-bond donors (Lipinski definition) is 0. The van der Waals surface area contributed by atoms with Gasteiger partial charge in [-0.1, -0.05) is 70.8 Å². The summed E-state index contributed by atoms with van der Waals surface area (Å²) >= 11 is 0. The van der Waals surface area contributed by atoms with Crippen LogP contribution in [-0.4, -0.2) is 36.5 Å². The van der Waals surface area contributed by atoms with Crippen LogP contribution in [0.2, 0.25) is 0 Å². The maximum absolute atomic E-state index is 13.6. The number of ether oxygens (including phenoxy) is 4. The van der Waals surface area contributed by atoms with Gasteiger partial charge < -0.3 is 18.9 Å². The summed E-state index contributed by atoms with van der Waals surface area (Å²) in [5.74, 6) is -6.15. The molecule has 4 rings (SSSR count). The van der Waals surface area contributed by atoms with Crippen LogP contribution in [0.4, 0.5) is 0 Å². The van der Waals surface area contributed by atoms with E-state index in [2.05, 4.69) is 0 Å². The van der Waals surface area contributed by atoms with Gasteiger partial charge in [-0.05, 0) is 90.1 Å². The highest BCUT2D eigenvalue weighted by Crippen LogP contribution is 2.40. The third-order valence-electron chi connectivity index (χ3n) is 7.22. The molecule has 4 aromatic rings. The van der Waals surface area contributed by atoms with Crippen molar-refractivity contribution in [1.29, 1.82) is 0 Å². The minimum Gasteiger partial charge on any atom is -0.461 e.